The maximum absolute atomic E-state index is 12.2. The Hall–Kier alpha value is -2.38. The largest absolute Gasteiger partial charge is 0.497 e. The fourth-order valence-corrected chi connectivity index (χ4v) is 3.17. The van der Waals surface area contributed by atoms with E-state index in [9.17, 15) is 4.79 Å². The van der Waals surface area contributed by atoms with Crippen molar-refractivity contribution in [3.05, 3.63) is 41.8 Å². The van der Waals surface area contributed by atoms with Crippen LogP contribution in [0.15, 0.2) is 34.9 Å². The van der Waals surface area contributed by atoms with Gasteiger partial charge in [0.25, 0.3) is 5.91 Å². The normalized spacial score (nSPS) is 20.2. The van der Waals surface area contributed by atoms with Gasteiger partial charge in [0, 0.05) is 11.8 Å². The Bertz CT molecular complexity index is 691. The molecule has 0 aliphatic carbocycles. The third kappa shape index (κ3) is 5.04. The monoisotopic (exact) mass is 346 g/mol. The summed E-state index contributed by atoms with van der Waals surface area (Å²) >= 11 is 0. The van der Waals surface area contributed by atoms with Gasteiger partial charge in [-0.15, -0.1) is 0 Å². The molecule has 7 nitrogen and oxygen atoms in total. The number of carbonyl (C=O) groups is 1. The third-order valence-corrected chi connectivity index (χ3v) is 4.56. The number of aryl methyl sites for hydroxylation is 1. The Labute approximate surface area is 147 Å². The van der Waals surface area contributed by atoms with Crippen molar-refractivity contribution in [3.8, 4) is 5.75 Å². The van der Waals surface area contributed by atoms with Crippen LogP contribution in [0.3, 0.4) is 0 Å². The fraction of sp³-hybridized carbons (Fsp3) is 0.444. The summed E-state index contributed by atoms with van der Waals surface area (Å²) in [6, 6.07) is 9.39. The van der Waals surface area contributed by atoms with Crippen molar-refractivity contribution in [2.24, 2.45) is 0 Å². The van der Waals surface area contributed by atoms with Crippen molar-refractivity contribution >= 4 is 11.6 Å². The first-order valence-corrected chi connectivity index (χ1v) is 8.65. The van der Waals surface area contributed by atoms with Crippen LogP contribution in [-0.2, 0) is 11.3 Å². The zero-order valence-corrected chi connectivity index (χ0v) is 14.8. The lowest BCUT2D eigenvalue weighted by molar-refractivity contribution is -1.02. The molecule has 1 aliphatic heterocycles. The van der Waals surface area contributed by atoms with E-state index in [1.165, 1.54) is 9.80 Å². The molecule has 3 rings (SSSR count). The SMILES string of the molecule is COc1ccc(NC(=O)C[NH+]2CC[NH+](Cc3cc(C)on3)CC2)cc1. The highest BCUT2D eigenvalue weighted by molar-refractivity contribution is 5.91. The molecule has 3 N–H and O–H groups in total. The molecular formula is C18H26N4O3+2. The number of aromatic nitrogens is 1. The van der Waals surface area contributed by atoms with Crippen LogP contribution in [0.5, 0.6) is 5.75 Å². The minimum absolute atomic E-state index is 0.0516. The molecule has 2 aromatic rings. The number of rotatable bonds is 6. The van der Waals surface area contributed by atoms with Crippen LogP contribution >= 0.6 is 0 Å². The van der Waals surface area contributed by atoms with Crippen molar-refractivity contribution in [2.45, 2.75) is 13.5 Å². The van der Waals surface area contributed by atoms with Gasteiger partial charge in [-0.25, -0.2) is 0 Å². The first-order chi connectivity index (χ1) is 12.1. The van der Waals surface area contributed by atoms with Gasteiger partial charge < -0.3 is 24.4 Å². The van der Waals surface area contributed by atoms with Gasteiger partial charge in [0.2, 0.25) is 0 Å². The molecule has 134 valence electrons. The molecule has 0 spiro atoms. The Morgan fingerprint density at radius 2 is 1.88 bits per heavy atom. The number of nitrogens with one attached hydrogen (secondary N) is 3. The molecule has 0 atom stereocenters. The van der Waals surface area contributed by atoms with Gasteiger partial charge >= 0.3 is 0 Å². The second-order valence-corrected chi connectivity index (χ2v) is 6.56. The molecule has 1 aromatic heterocycles. The van der Waals surface area contributed by atoms with Crippen molar-refractivity contribution in [3.63, 3.8) is 0 Å². The summed E-state index contributed by atoms with van der Waals surface area (Å²) in [6.45, 7) is 7.36. The number of amides is 1. The van der Waals surface area contributed by atoms with E-state index < -0.39 is 0 Å². The second-order valence-electron chi connectivity index (χ2n) is 6.56. The van der Waals surface area contributed by atoms with E-state index in [1.807, 2.05) is 37.3 Å². The standard InChI is InChI=1S/C18H24N4O3/c1-14-11-16(20-25-14)12-21-7-9-22(10-8-21)13-18(23)19-15-3-5-17(24-2)6-4-15/h3-6,11H,7-10,12-13H2,1-2H3,(H,19,23)/p+2. The summed E-state index contributed by atoms with van der Waals surface area (Å²) < 4.78 is 10.2. The smallest absolute Gasteiger partial charge is 0.279 e. The predicted octanol–water partition coefficient (Wildman–Crippen LogP) is -1.09. The summed E-state index contributed by atoms with van der Waals surface area (Å²) in [5.41, 5.74) is 1.81. The maximum Gasteiger partial charge on any atom is 0.279 e. The van der Waals surface area contributed by atoms with Gasteiger partial charge in [0.15, 0.2) is 6.54 Å². The fourth-order valence-electron chi connectivity index (χ4n) is 3.17. The third-order valence-electron chi connectivity index (χ3n) is 4.56. The van der Waals surface area contributed by atoms with Crippen LogP contribution in [0, 0.1) is 6.92 Å². The van der Waals surface area contributed by atoms with E-state index in [0.717, 1.165) is 55.6 Å². The van der Waals surface area contributed by atoms with E-state index in [0.29, 0.717) is 6.54 Å². The average Bonchev–Trinajstić information content (AvgIpc) is 3.02. The lowest BCUT2D eigenvalue weighted by atomic mass is 10.2. The van der Waals surface area contributed by atoms with Crippen LogP contribution < -0.4 is 19.9 Å². The molecule has 0 unspecified atom stereocenters. The van der Waals surface area contributed by atoms with E-state index in [2.05, 4.69) is 10.5 Å². The van der Waals surface area contributed by atoms with Gasteiger partial charge in [-0.1, -0.05) is 5.16 Å². The summed E-state index contributed by atoms with van der Waals surface area (Å²) in [4.78, 5) is 15.0. The Morgan fingerprint density at radius 3 is 2.48 bits per heavy atom. The number of hydrogen-bond donors (Lipinski definition) is 3. The van der Waals surface area contributed by atoms with E-state index in [-0.39, 0.29) is 5.91 Å². The van der Waals surface area contributed by atoms with Crippen molar-refractivity contribution in [2.75, 3.05) is 45.2 Å². The highest BCUT2D eigenvalue weighted by Gasteiger charge is 2.25. The minimum Gasteiger partial charge on any atom is -0.497 e. The molecule has 2 heterocycles. The maximum atomic E-state index is 12.2. The van der Waals surface area contributed by atoms with E-state index in [1.54, 1.807) is 7.11 Å². The summed E-state index contributed by atoms with van der Waals surface area (Å²) in [7, 11) is 1.63. The highest BCUT2D eigenvalue weighted by atomic mass is 16.5. The molecule has 7 heteroatoms. The first-order valence-electron chi connectivity index (χ1n) is 8.65. The topological polar surface area (TPSA) is 73.2 Å². The van der Waals surface area contributed by atoms with Crippen LogP contribution in [0.1, 0.15) is 11.5 Å². The van der Waals surface area contributed by atoms with Crippen molar-refractivity contribution in [1.29, 1.82) is 0 Å². The van der Waals surface area contributed by atoms with E-state index in [4.69, 9.17) is 9.26 Å². The highest BCUT2D eigenvalue weighted by Crippen LogP contribution is 2.14. The molecule has 0 radical (unpaired) electrons. The predicted molar refractivity (Wildman–Crippen MR) is 92.8 cm³/mol. The first kappa shape index (κ1) is 17.4. The van der Waals surface area contributed by atoms with Crippen molar-refractivity contribution in [1.82, 2.24) is 5.16 Å². The molecule has 1 fully saturated rings. The Balaban J connectivity index is 1.41. The van der Waals surface area contributed by atoms with Crippen LogP contribution in [0.2, 0.25) is 0 Å². The molecule has 25 heavy (non-hydrogen) atoms. The number of hydrogen-bond acceptors (Lipinski definition) is 4. The minimum atomic E-state index is 0.0516. The van der Waals surface area contributed by atoms with Gasteiger partial charge in [0.1, 0.15) is 49.9 Å². The summed E-state index contributed by atoms with van der Waals surface area (Å²) in [6.07, 6.45) is 0. The van der Waals surface area contributed by atoms with E-state index >= 15 is 0 Å². The Kier molecular flexibility index (Phi) is 5.67. The number of ether oxygens (including phenoxy) is 1. The number of piperazine rings is 1. The number of methoxy groups -OCH3 is 1. The molecule has 1 amide bonds. The number of nitrogens with zero attached hydrogens (tertiary/aromatic N) is 1. The lowest BCUT2D eigenvalue weighted by Gasteiger charge is -2.28. The van der Waals surface area contributed by atoms with Gasteiger partial charge in [-0.2, -0.15) is 0 Å². The van der Waals surface area contributed by atoms with Crippen molar-refractivity contribution < 1.29 is 23.9 Å². The molecule has 1 aromatic carbocycles. The molecule has 0 bridgehead atoms. The molecular weight excluding hydrogens is 320 g/mol. The van der Waals surface area contributed by atoms with Crippen LogP contribution in [0.4, 0.5) is 5.69 Å². The zero-order valence-electron chi connectivity index (χ0n) is 14.8. The van der Waals surface area contributed by atoms with Crippen LogP contribution in [0.25, 0.3) is 0 Å². The molecule has 1 aliphatic rings. The Morgan fingerprint density at radius 1 is 1.20 bits per heavy atom. The number of quaternary nitrogens is 2. The number of carbonyl (C=O) groups excluding carboxylic acids is 1. The van der Waals surface area contributed by atoms with Crippen LogP contribution in [-0.4, -0.2) is 50.9 Å². The average molecular weight is 346 g/mol. The summed E-state index contributed by atoms with van der Waals surface area (Å²) in [5.74, 6) is 1.69. The lowest BCUT2D eigenvalue weighted by Crippen LogP contribution is -3.28. The molecule has 1 saturated heterocycles. The van der Waals surface area contributed by atoms with Gasteiger partial charge in [0.05, 0.1) is 7.11 Å². The quantitative estimate of drug-likeness (QED) is 0.622. The van der Waals surface area contributed by atoms with Gasteiger partial charge in [-0.05, 0) is 31.2 Å². The zero-order chi connectivity index (χ0) is 17.6. The number of benzene rings is 1. The van der Waals surface area contributed by atoms with Gasteiger partial charge in [-0.3, -0.25) is 4.79 Å². The second kappa shape index (κ2) is 8.13. The summed E-state index contributed by atoms with van der Waals surface area (Å²) in [5, 5.41) is 7.01. The number of anilines is 1. The molecule has 0 saturated carbocycles.